The van der Waals surface area contributed by atoms with Crippen LogP contribution in [0.1, 0.15) is 5.56 Å². The van der Waals surface area contributed by atoms with Crippen LogP contribution < -0.4 is 10.5 Å². The summed E-state index contributed by atoms with van der Waals surface area (Å²) in [5.41, 5.74) is 7.13. The van der Waals surface area contributed by atoms with Crippen LogP contribution in [0, 0.1) is 11.3 Å². The van der Waals surface area contributed by atoms with Gasteiger partial charge in [-0.1, -0.05) is 11.8 Å². The number of hydrogen-bond acceptors (Lipinski definition) is 4. The Balaban J connectivity index is 2.18. The van der Waals surface area contributed by atoms with Gasteiger partial charge < -0.3 is 10.5 Å². The normalized spacial score (nSPS) is 9.78. The molecule has 0 bridgehead atoms. The molecule has 0 atom stereocenters. The van der Waals surface area contributed by atoms with E-state index in [2.05, 4.69) is 6.07 Å². The van der Waals surface area contributed by atoms with E-state index in [4.69, 9.17) is 15.7 Å². The maximum atomic E-state index is 8.73. The van der Waals surface area contributed by atoms with Gasteiger partial charge >= 0.3 is 0 Å². The SMILES string of the molecule is COc1ccc(Sc2ccc(C#N)cc2)cc1N. The summed E-state index contributed by atoms with van der Waals surface area (Å²) in [6.45, 7) is 0. The van der Waals surface area contributed by atoms with Gasteiger partial charge in [0, 0.05) is 9.79 Å². The highest BCUT2D eigenvalue weighted by Crippen LogP contribution is 2.32. The number of rotatable bonds is 3. The summed E-state index contributed by atoms with van der Waals surface area (Å²) in [6, 6.07) is 15.2. The second-order valence-electron chi connectivity index (χ2n) is 3.64. The predicted molar refractivity (Wildman–Crippen MR) is 72.7 cm³/mol. The smallest absolute Gasteiger partial charge is 0.141 e. The summed E-state index contributed by atoms with van der Waals surface area (Å²) in [5, 5.41) is 8.73. The Bertz CT molecular complexity index is 588. The molecule has 0 fully saturated rings. The van der Waals surface area contributed by atoms with E-state index >= 15 is 0 Å². The zero-order valence-electron chi connectivity index (χ0n) is 9.88. The summed E-state index contributed by atoms with van der Waals surface area (Å²) in [7, 11) is 1.60. The molecule has 0 aliphatic heterocycles. The molecule has 0 unspecified atom stereocenters. The lowest BCUT2D eigenvalue weighted by Gasteiger charge is -2.07. The summed E-state index contributed by atoms with van der Waals surface area (Å²) in [5.74, 6) is 0.680. The number of nitrogens with two attached hydrogens (primary N) is 1. The van der Waals surface area contributed by atoms with Gasteiger partial charge in [-0.15, -0.1) is 0 Å². The molecule has 0 spiro atoms. The molecule has 90 valence electrons. The molecule has 0 aliphatic carbocycles. The first-order valence-electron chi connectivity index (χ1n) is 5.34. The lowest BCUT2D eigenvalue weighted by Crippen LogP contribution is -1.91. The molecule has 0 amide bonds. The highest BCUT2D eigenvalue weighted by Gasteiger charge is 2.02. The van der Waals surface area contributed by atoms with E-state index in [1.165, 1.54) is 0 Å². The van der Waals surface area contributed by atoms with Crippen LogP contribution in [0.2, 0.25) is 0 Å². The number of hydrogen-bond donors (Lipinski definition) is 1. The molecule has 0 heterocycles. The van der Waals surface area contributed by atoms with Crippen molar-refractivity contribution in [1.29, 1.82) is 5.26 Å². The summed E-state index contributed by atoms with van der Waals surface area (Å²) in [4.78, 5) is 2.11. The van der Waals surface area contributed by atoms with Crippen molar-refractivity contribution in [3.05, 3.63) is 48.0 Å². The lowest BCUT2D eigenvalue weighted by atomic mass is 10.2. The molecule has 2 aromatic carbocycles. The topological polar surface area (TPSA) is 59.0 Å². The van der Waals surface area contributed by atoms with Crippen LogP contribution in [0.25, 0.3) is 0 Å². The molecule has 2 N–H and O–H groups in total. The molecule has 0 saturated heterocycles. The molecule has 3 nitrogen and oxygen atoms in total. The number of benzene rings is 2. The van der Waals surface area contributed by atoms with E-state index in [0.717, 1.165) is 9.79 Å². The summed E-state index contributed by atoms with van der Waals surface area (Å²) >= 11 is 1.60. The van der Waals surface area contributed by atoms with Crippen LogP contribution in [-0.2, 0) is 0 Å². The Kier molecular flexibility index (Phi) is 3.75. The van der Waals surface area contributed by atoms with Gasteiger partial charge in [0.25, 0.3) is 0 Å². The second-order valence-corrected chi connectivity index (χ2v) is 4.79. The highest BCUT2D eigenvalue weighted by molar-refractivity contribution is 7.99. The standard InChI is InChI=1S/C14H12N2OS/c1-17-14-7-6-12(8-13(14)16)18-11-4-2-10(9-15)3-5-11/h2-8H,16H2,1H3. The molecule has 2 rings (SSSR count). The Labute approximate surface area is 110 Å². The van der Waals surface area contributed by atoms with E-state index in [0.29, 0.717) is 17.0 Å². The molecule has 0 radical (unpaired) electrons. The van der Waals surface area contributed by atoms with Gasteiger partial charge in [0.05, 0.1) is 24.4 Å². The Hall–Kier alpha value is -2.12. The van der Waals surface area contributed by atoms with Gasteiger partial charge in [-0.3, -0.25) is 0 Å². The molecule has 2 aromatic rings. The third-order valence-corrected chi connectivity index (χ3v) is 3.42. The fourth-order valence-corrected chi connectivity index (χ4v) is 2.38. The number of anilines is 1. The number of nitrogen functional groups attached to an aromatic ring is 1. The number of ether oxygens (including phenoxy) is 1. The maximum Gasteiger partial charge on any atom is 0.141 e. The van der Waals surface area contributed by atoms with Crippen LogP contribution in [0.3, 0.4) is 0 Å². The Morgan fingerprint density at radius 2 is 1.78 bits per heavy atom. The van der Waals surface area contributed by atoms with Crippen LogP contribution in [0.15, 0.2) is 52.3 Å². The van der Waals surface area contributed by atoms with Crippen LogP contribution in [0.5, 0.6) is 5.75 Å². The van der Waals surface area contributed by atoms with E-state index in [-0.39, 0.29) is 0 Å². The number of nitriles is 1. The van der Waals surface area contributed by atoms with Gasteiger partial charge in [0.1, 0.15) is 5.75 Å². The zero-order chi connectivity index (χ0) is 13.0. The van der Waals surface area contributed by atoms with Gasteiger partial charge in [-0.2, -0.15) is 5.26 Å². The fourth-order valence-electron chi connectivity index (χ4n) is 1.51. The first-order valence-corrected chi connectivity index (χ1v) is 6.16. The predicted octanol–water partition coefficient (Wildman–Crippen LogP) is 3.30. The highest BCUT2D eigenvalue weighted by atomic mass is 32.2. The van der Waals surface area contributed by atoms with Crippen molar-refractivity contribution in [2.75, 3.05) is 12.8 Å². The number of nitrogens with zero attached hydrogens (tertiary/aromatic N) is 1. The maximum absolute atomic E-state index is 8.73. The minimum atomic E-state index is 0.621. The summed E-state index contributed by atoms with van der Waals surface area (Å²) < 4.78 is 5.11. The van der Waals surface area contributed by atoms with E-state index in [1.807, 2.05) is 30.3 Å². The van der Waals surface area contributed by atoms with Gasteiger partial charge in [0.15, 0.2) is 0 Å². The minimum absolute atomic E-state index is 0.621. The largest absolute Gasteiger partial charge is 0.495 e. The number of methoxy groups -OCH3 is 1. The van der Waals surface area contributed by atoms with Crippen molar-refractivity contribution in [2.24, 2.45) is 0 Å². The van der Waals surface area contributed by atoms with Crippen LogP contribution in [0.4, 0.5) is 5.69 Å². The summed E-state index contributed by atoms with van der Waals surface area (Å²) in [6.07, 6.45) is 0. The monoisotopic (exact) mass is 256 g/mol. The van der Waals surface area contributed by atoms with Gasteiger partial charge in [-0.05, 0) is 42.5 Å². The quantitative estimate of drug-likeness (QED) is 0.856. The lowest BCUT2D eigenvalue weighted by molar-refractivity contribution is 0.416. The third-order valence-electron chi connectivity index (χ3n) is 2.42. The molecule has 0 saturated carbocycles. The minimum Gasteiger partial charge on any atom is -0.495 e. The van der Waals surface area contributed by atoms with Crippen molar-refractivity contribution in [2.45, 2.75) is 9.79 Å². The van der Waals surface area contributed by atoms with Crippen LogP contribution >= 0.6 is 11.8 Å². The Morgan fingerprint density at radius 1 is 1.11 bits per heavy atom. The second kappa shape index (κ2) is 5.48. The van der Waals surface area contributed by atoms with Gasteiger partial charge in [0.2, 0.25) is 0 Å². The molecule has 18 heavy (non-hydrogen) atoms. The average Bonchev–Trinajstić information content (AvgIpc) is 2.40. The Morgan fingerprint density at radius 3 is 2.33 bits per heavy atom. The first-order chi connectivity index (χ1) is 8.72. The molecular weight excluding hydrogens is 244 g/mol. The third kappa shape index (κ3) is 2.76. The van der Waals surface area contributed by atoms with Crippen LogP contribution in [-0.4, -0.2) is 7.11 Å². The molecular formula is C14H12N2OS. The molecule has 4 heteroatoms. The molecule has 0 aromatic heterocycles. The van der Waals surface area contributed by atoms with Crippen molar-refractivity contribution in [1.82, 2.24) is 0 Å². The average molecular weight is 256 g/mol. The van der Waals surface area contributed by atoms with Crippen molar-refractivity contribution >= 4 is 17.4 Å². The van der Waals surface area contributed by atoms with Gasteiger partial charge in [-0.25, -0.2) is 0 Å². The first kappa shape index (κ1) is 12.3. The van der Waals surface area contributed by atoms with E-state index in [1.54, 1.807) is 31.0 Å². The van der Waals surface area contributed by atoms with Crippen molar-refractivity contribution in [3.63, 3.8) is 0 Å². The fraction of sp³-hybridized carbons (Fsp3) is 0.0714. The van der Waals surface area contributed by atoms with E-state index in [9.17, 15) is 0 Å². The molecule has 0 aliphatic rings. The van der Waals surface area contributed by atoms with Crippen molar-refractivity contribution < 1.29 is 4.74 Å². The van der Waals surface area contributed by atoms with E-state index < -0.39 is 0 Å². The zero-order valence-corrected chi connectivity index (χ0v) is 10.7. The van der Waals surface area contributed by atoms with Crippen molar-refractivity contribution in [3.8, 4) is 11.8 Å².